The molecule has 2 aromatic rings. The van der Waals surface area contributed by atoms with Crippen molar-refractivity contribution in [2.45, 2.75) is 124 Å². The molecule has 0 bridgehead atoms. The van der Waals surface area contributed by atoms with Gasteiger partial charge in [0.2, 0.25) is 5.91 Å². The van der Waals surface area contributed by atoms with Crippen LogP contribution in [0.25, 0.3) is 0 Å². The number of benzene rings is 2. The van der Waals surface area contributed by atoms with Crippen molar-refractivity contribution in [3.05, 3.63) is 71.3 Å². The minimum absolute atomic E-state index is 0.000121. The lowest BCUT2D eigenvalue weighted by molar-refractivity contribution is -0.118. The number of nitrogens with zero attached hydrogens (tertiary/aromatic N) is 2. The molecule has 230 valence electrons. The monoisotopic (exact) mass is 572 g/mol. The van der Waals surface area contributed by atoms with E-state index < -0.39 is 0 Å². The maximum absolute atomic E-state index is 13.0. The number of carbonyl (C=O) groups excluding carboxylic acids is 1. The van der Waals surface area contributed by atoms with Crippen molar-refractivity contribution in [3.8, 4) is 5.75 Å². The molecule has 0 saturated heterocycles. The fraction of sp³-hybridized carbons (Fsp3) is 0.579. The first-order chi connectivity index (χ1) is 20.4. The minimum Gasteiger partial charge on any atom is -0.494 e. The highest BCUT2D eigenvalue weighted by Gasteiger charge is 2.24. The third-order valence-electron chi connectivity index (χ3n) is 8.29. The van der Waals surface area contributed by atoms with Gasteiger partial charge in [-0.2, -0.15) is 0 Å². The Kier molecular flexibility index (Phi) is 14.9. The largest absolute Gasteiger partial charge is 0.494 e. The Hall–Kier alpha value is -2.88. The number of aliphatic imine (C=N–C) groups is 1. The zero-order valence-corrected chi connectivity index (χ0v) is 27.0. The molecule has 1 aliphatic rings. The van der Waals surface area contributed by atoms with Gasteiger partial charge in [-0.1, -0.05) is 122 Å². The second kappa shape index (κ2) is 18.6. The van der Waals surface area contributed by atoms with Crippen LogP contribution in [-0.4, -0.2) is 25.3 Å². The second-order valence-corrected chi connectivity index (χ2v) is 12.6. The molecule has 0 fully saturated rings. The highest BCUT2D eigenvalue weighted by Crippen LogP contribution is 2.30. The molecule has 0 radical (unpaired) electrons. The molecule has 3 rings (SSSR count). The summed E-state index contributed by atoms with van der Waals surface area (Å²) in [5.74, 6) is 1.03. The lowest BCUT2D eigenvalue weighted by Crippen LogP contribution is -2.30. The number of rotatable bonds is 20. The molecule has 1 aliphatic heterocycles. The van der Waals surface area contributed by atoms with Gasteiger partial charge in [-0.15, -0.1) is 0 Å². The van der Waals surface area contributed by atoms with Crippen LogP contribution in [0.5, 0.6) is 5.75 Å². The lowest BCUT2D eigenvalue weighted by atomic mass is 9.81. The summed E-state index contributed by atoms with van der Waals surface area (Å²) in [4.78, 5) is 19.5. The molecule has 4 heteroatoms. The highest BCUT2D eigenvalue weighted by atomic mass is 16.5. The molecule has 0 N–H and O–H groups in total. The Morgan fingerprint density at radius 2 is 1.50 bits per heavy atom. The first-order valence-corrected chi connectivity index (χ1v) is 16.7. The minimum atomic E-state index is 0.000121. The van der Waals surface area contributed by atoms with Crippen molar-refractivity contribution < 1.29 is 9.53 Å². The molecule has 2 aromatic carbocycles. The summed E-state index contributed by atoms with van der Waals surface area (Å²) in [5.41, 5.74) is 4.50. The van der Waals surface area contributed by atoms with E-state index in [2.05, 4.69) is 62.2 Å². The SMILES string of the molecule is CCCCCCCCCCCCCCOc1ccc(CN(C(=O)CC)c2cccc(CC3(C)C=C(C)C=NC3)c2)cc1. The van der Waals surface area contributed by atoms with E-state index >= 15 is 0 Å². The average molecular weight is 573 g/mol. The Labute approximate surface area is 256 Å². The molecule has 0 aromatic heterocycles. The Bertz CT molecular complexity index is 1120. The summed E-state index contributed by atoms with van der Waals surface area (Å²) < 4.78 is 6.02. The Morgan fingerprint density at radius 1 is 0.857 bits per heavy atom. The maximum Gasteiger partial charge on any atom is 0.227 e. The molecule has 1 heterocycles. The van der Waals surface area contributed by atoms with E-state index in [-0.39, 0.29) is 11.3 Å². The molecule has 42 heavy (non-hydrogen) atoms. The van der Waals surface area contributed by atoms with Gasteiger partial charge in [-0.3, -0.25) is 9.79 Å². The first kappa shape index (κ1) is 33.6. The van der Waals surface area contributed by atoms with Crippen molar-refractivity contribution in [3.63, 3.8) is 0 Å². The Morgan fingerprint density at radius 3 is 2.12 bits per heavy atom. The maximum atomic E-state index is 13.0. The summed E-state index contributed by atoms with van der Waals surface area (Å²) in [6, 6.07) is 16.7. The van der Waals surface area contributed by atoms with E-state index in [4.69, 9.17) is 4.74 Å². The van der Waals surface area contributed by atoms with Crippen LogP contribution in [0.15, 0.2) is 65.2 Å². The second-order valence-electron chi connectivity index (χ2n) is 12.6. The number of allylic oxidation sites excluding steroid dienone is 1. The number of unbranched alkanes of at least 4 members (excludes halogenated alkanes) is 11. The quantitative estimate of drug-likeness (QED) is 0.148. The van der Waals surface area contributed by atoms with E-state index in [1.54, 1.807) is 0 Å². The topological polar surface area (TPSA) is 41.9 Å². The third kappa shape index (κ3) is 12.2. The summed E-state index contributed by atoms with van der Waals surface area (Å²) in [6.07, 6.45) is 21.8. The predicted molar refractivity (Wildman–Crippen MR) is 180 cm³/mol. The van der Waals surface area contributed by atoms with Crippen molar-refractivity contribution >= 4 is 17.8 Å². The van der Waals surface area contributed by atoms with Crippen molar-refractivity contribution in [2.75, 3.05) is 18.1 Å². The fourth-order valence-electron chi connectivity index (χ4n) is 5.96. The number of hydrogen-bond donors (Lipinski definition) is 0. The van der Waals surface area contributed by atoms with Gasteiger partial charge in [0, 0.05) is 30.3 Å². The van der Waals surface area contributed by atoms with E-state index in [1.807, 2.05) is 36.2 Å². The van der Waals surface area contributed by atoms with Gasteiger partial charge in [0.15, 0.2) is 0 Å². The van der Waals surface area contributed by atoms with Crippen LogP contribution in [0.2, 0.25) is 0 Å². The molecule has 0 aliphatic carbocycles. The van der Waals surface area contributed by atoms with Gasteiger partial charge in [0.05, 0.1) is 13.2 Å². The normalized spacial score (nSPS) is 16.3. The molecule has 1 amide bonds. The number of anilines is 1. The van der Waals surface area contributed by atoms with Gasteiger partial charge in [0.1, 0.15) is 5.75 Å². The fourth-order valence-corrected chi connectivity index (χ4v) is 5.96. The van der Waals surface area contributed by atoms with Gasteiger partial charge in [0.25, 0.3) is 0 Å². The van der Waals surface area contributed by atoms with E-state index in [0.717, 1.165) is 43.0 Å². The number of ether oxygens (including phenoxy) is 1. The summed E-state index contributed by atoms with van der Waals surface area (Å²) in [6.45, 7) is 10.7. The van der Waals surface area contributed by atoms with Crippen molar-refractivity contribution in [2.24, 2.45) is 10.4 Å². The van der Waals surface area contributed by atoms with Crippen LogP contribution >= 0.6 is 0 Å². The van der Waals surface area contributed by atoms with Crippen LogP contribution in [0.1, 0.15) is 122 Å². The lowest BCUT2D eigenvalue weighted by Gasteiger charge is -2.28. The number of dihydropyridines is 1. The van der Waals surface area contributed by atoms with Crippen LogP contribution in [-0.2, 0) is 17.8 Å². The van der Waals surface area contributed by atoms with Crippen LogP contribution in [0, 0.1) is 5.41 Å². The van der Waals surface area contributed by atoms with Crippen molar-refractivity contribution in [1.29, 1.82) is 0 Å². The van der Waals surface area contributed by atoms with E-state index in [0.29, 0.717) is 13.0 Å². The predicted octanol–water partition coefficient (Wildman–Crippen LogP) is 10.3. The van der Waals surface area contributed by atoms with Crippen molar-refractivity contribution in [1.82, 2.24) is 0 Å². The van der Waals surface area contributed by atoms with Crippen LogP contribution in [0.4, 0.5) is 5.69 Å². The summed E-state index contributed by atoms with van der Waals surface area (Å²) in [5, 5.41) is 0. The average Bonchev–Trinajstić information content (AvgIpc) is 2.98. The molecule has 4 nitrogen and oxygen atoms in total. The molecule has 0 spiro atoms. The molecule has 1 unspecified atom stereocenters. The standard InChI is InChI=1S/C38H56N2O2/c1-5-7-8-9-10-11-12-13-14-15-16-17-25-42-36-23-21-33(22-24-36)30-40(37(41)6-2)35-20-18-19-34(26-35)28-38(4)27-32(3)29-39-31-38/h18-24,26-27,29H,5-17,25,28,30-31H2,1-4H3. The zero-order chi connectivity index (χ0) is 30.0. The van der Waals surface area contributed by atoms with Crippen LogP contribution < -0.4 is 9.64 Å². The number of amides is 1. The van der Waals surface area contributed by atoms with E-state index in [1.165, 1.54) is 81.8 Å². The molecule has 1 atom stereocenters. The summed E-state index contributed by atoms with van der Waals surface area (Å²) in [7, 11) is 0. The highest BCUT2D eigenvalue weighted by molar-refractivity contribution is 5.93. The molecular weight excluding hydrogens is 516 g/mol. The van der Waals surface area contributed by atoms with Gasteiger partial charge >= 0.3 is 0 Å². The van der Waals surface area contributed by atoms with E-state index in [9.17, 15) is 4.79 Å². The zero-order valence-electron chi connectivity index (χ0n) is 27.0. The Balaban J connectivity index is 1.42. The molecular formula is C38H56N2O2. The van der Waals surface area contributed by atoms with Gasteiger partial charge < -0.3 is 9.64 Å². The third-order valence-corrected chi connectivity index (χ3v) is 8.29. The smallest absolute Gasteiger partial charge is 0.227 e. The first-order valence-electron chi connectivity index (χ1n) is 16.7. The van der Waals surface area contributed by atoms with Gasteiger partial charge in [-0.25, -0.2) is 0 Å². The van der Waals surface area contributed by atoms with Crippen LogP contribution in [0.3, 0.4) is 0 Å². The summed E-state index contributed by atoms with van der Waals surface area (Å²) >= 11 is 0. The number of carbonyl (C=O) groups is 1. The molecule has 0 saturated carbocycles. The number of hydrogen-bond acceptors (Lipinski definition) is 3. The van der Waals surface area contributed by atoms with Gasteiger partial charge in [-0.05, 0) is 60.7 Å².